The largest absolute Gasteiger partial charge is 0.493 e. The maximum atomic E-state index is 11.7. The molecule has 2 aromatic carbocycles. The first kappa shape index (κ1) is 21.6. The molecule has 0 aliphatic carbocycles. The summed E-state index contributed by atoms with van der Waals surface area (Å²) in [4.78, 5) is 23.3. The Morgan fingerprint density at radius 2 is 1.72 bits per heavy atom. The van der Waals surface area contributed by atoms with Crippen LogP contribution in [-0.2, 0) is 11.3 Å². The van der Waals surface area contributed by atoms with Crippen LogP contribution in [0.2, 0.25) is 0 Å². The number of fused-ring (bicyclic) bond motifs is 1. The van der Waals surface area contributed by atoms with Crippen LogP contribution in [0.25, 0.3) is 21.6 Å². The Balaban J connectivity index is 1.66. The van der Waals surface area contributed by atoms with Crippen molar-refractivity contribution in [1.29, 1.82) is 0 Å². The number of carbonyl (C=O) groups excluding carboxylic acids is 1. The van der Waals surface area contributed by atoms with Crippen molar-refractivity contribution < 1.29 is 19.0 Å². The number of rotatable bonds is 7. The number of anilines is 1. The predicted octanol–water partition coefficient (Wildman–Crippen LogP) is 5.08. The maximum Gasteiger partial charge on any atom is 0.337 e. The van der Waals surface area contributed by atoms with Crippen molar-refractivity contribution in [2.24, 2.45) is 0 Å². The number of benzene rings is 2. The number of methoxy groups -OCH3 is 3. The Hall–Kier alpha value is -3.65. The SMILES string of the molecule is COC(=O)c1ccc(-c2nc(NCc3ccc(OC)c(OC)c3)c3cc(C)sc3n2)cc1. The summed E-state index contributed by atoms with van der Waals surface area (Å²) < 4.78 is 15.5. The second-order valence-corrected chi connectivity index (χ2v) is 8.32. The zero-order valence-corrected chi connectivity index (χ0v) is 19.1. The second-order valence-electron chi connectivity index (χ2n) is 7.08. The lowest BCUT2D eigenvalue weighted by atomic mass is 10.1. The number of carbonyl (C=O) groups is 1. The van der Waals surface area contributed by atoms with Crippen LogP contribution >= 0.6 is 11.3 Å². The highest BCUT2D eigenvalue weighted by Gasteiger charge is 2.14. The molecule has 4 rings (SSSR count). The summed E-state index contributed by atoms with van der Waals surface area (Å²) in [6.07, 6.45) is 0. The van der Waals surface area contributed by atoms with Crippen molar-refractivity contribution >= 4 is 33.3 Å². The Bertz CT molecular complexity index is 1270. The van der Waals surface area contributed by atoms with E-state index in [0.717, 1.165) is 32.0 Å². The van der Waals surface area contributed by atoms with E-state index < -0.39 is 0 Å². The van der Waals surface area contributed by atoms with E-state index in [1.54, 1.807) is 37.7 Å². The molecule has 0 radical (unpaired) electrons. The summed E-state index contributed by atoms with van der Waals surface area (Å²) in [7, 11) is 4.60. The second kappa shape index (κ2) is 9.23. The molecule has 0 saturated carbocycles. The predicted molar refractivity (Wildman–Crippen MR) is 126 cm³/mol. The molecule has 1 N–H and O–H groups in total. The van der Waals surface area contributed by atoms with Gasteiger partial charge in [0.05, 0.1) is 32.3 Å². The van der Waals surface area contributed by atoms with E-state index in [9.17, 15) is 4.79 Å². The molecule has 2 aromatic heterocycles. The summed E-state index contributed by atoms with van der Waals surface area (Å²) in [5.41, 5.74) is 2.33. The minimum atomic E-state index is -0.376. The molecular formula is C24H23N3O4S. The van der Waals surface area contributed by atoms with Gasteiger partial charge in [-0.3, -0.25) is 0 Å². The van der Waals surface area contributed by atoms with Crippen molar-refractivity contribution in [3.63, 3.8) is 0 Å². The number of esters is 1. The number of ether oxygens (including phenoxy) is 3. The fourth-order valence-electron chi connectivity index (χ4n) is 3.36. The van der Waals surface area contributed by atoms with Crippen LogP contribution in [0.15, 0.2) is 48.5 Å². The standard InChI is InChI=1S/C24H23N3O4S/c1-14-11-18-22(25-13-15-5-10-19(29-2)20(12-15)30-3)26-21(27-23(18)32-14)16-6-8-17(9-7-16)24(28)31-4/h5-12H,13H2,1-4H3,(H,25,26,27). The zero-order valence-electron chi connectivity index (χ0n) is 18.3. The average Bonchev–Trinajstić information content (AvgIpc) is 3.22. The number of hydrogen-bond acceptors (Lipinski definition) is 8. The highest BCUT2D eigenvalue weighted by atomic mass is 32.1. The lowest BCUT2D eigenvalue weighted by Gasteiger charge is -2.12. The number of aromatic nitrogens is 2. The minimum Gasteiger partial charge on any atom is -0.493 e. The van der Waals surface area contributed by atoms with E-state index in [2.05, 4.69) is 18.3 Å². The van der Waals surface area contributed by atoms with Gasteiger partial charge in [-0.05, 0) is 42.8 Å². The molecule has 0 aliphatic heterocycles. The van der Waals surface area contributed by atoms with Gasteiger partial charge >= 0.3 is 5.97 Å². The van der Waals surface area contributed by atoms with E-state index in [1.165, 1.54) is 7.11 Å². The van der Waals surface area contributed by atoms with Crippen LogP contribution in [0.5, 0.6) is 11.5 Å². The molecule has 164 valence electrons. The third-order valence-corrected chi connectivity index (χ3v) is 5.93. The summed E-state index contributed by atoms with van der Waals surface area (Å²) in [5.74, 6) is 2.33. The molecule has 0 atom stereocenters. The van der Waals surface area contributed by atoms with Gasteiger partial charge in [-0.25, -0.2) is 14.8 Å². The van der Waals surface area contributed by atoms with Crippen LogP contribution in [0.1, 0.15) is 20.8 Å². The fourth-order valence-corrected chi connectivity index (χ4v) is 4.23. The summed E-state index contributed by atoms with van der Waals surface area (Å²) in [6, 6.07) is 15.0. The number of nitrogens with one attached hydrogen (secondary N) is 1. The van der Waals surface area contributed by atoms with Crippen molar-refractivity contribution in [3.8, 4) is 22.9 Å². The molecule has 0 saturated heterocycles. The monoisotopic (exact) mass is 449 g/mol. The molecule has 0 aliphatic rings. The molecule has 0 bridgehead atoms. The van der Waals surface area contributed by atoms with Gasteiger partial charge in [0.1, 0.15) is 10.6 Å². The first-order valence-corrected chi connectivity index (χ1v) is 10.8. The topological polar surface area (TPSA) is 82.6 Å². The van der Waals surface area contributed by atoms with Gasteiger partial charge in [0, 0.05) is 17.0 Å². The first-order chi connectivity index (χ1) is 15.5. The van der Waals surface area contributed by atoms with Crippen molar-refractivity contribution in [2.45, 2.75) is 13.5 Å². The first-order valence-electron chi connectivity index (χ1n) is 9.94. The quantitative estimate of drug-likeness (QED) is 0.394. The Labute approximate surface area is 190 Å². The zero-order chi connectivity index (χ0) is 22.7. The molecule has 0 unspecified atom stereocenters. The van der Waals surface area contributed by atoms with E-state index in [-0.39, 0.29) is 5.97 Å². The maximum absolute atomic E-state index is 11.7. The number of thiophene rings is 1. The van der Waals surface area contributed by atoms with E-state index in [1.807, 2.05) is 30.3 Å². The molecular weight excluding hydrogens is 426 g/mol. The highest BCUT2D eigenvalue weighted by Crippen LogP contribution is 2.32. The number of aryl methyl sites for hydroxylation is 1. The molecule has 4 aromatic rings. The number of hydrogen-bond donors (Lipinski definition) is 1. The van der Waals surface area contributed by atoms with Gasteiger partial charge in [-0.15, -0.1) is 11.3 Å². The Kier molecular flexibility index (Phi) is 6.23. The third-order valence-electron chi connectivity index (χ3n) is 4.99. The average molecular weight is 450 g/mol. The van der Waals surface area contributed by atoms with Crippen LogP contribution in [0.3, 0.4) is 0 Å². The molecule has 2 heterocycles. The lowest BCUT2D eigenvalue weighted by Crippen LogP contribution is -2.04. The van der Waals surface area contributed by atoms with Crippen molar-refractivity contribution in [2.75, 3.05) is 26.6 Å². The van der Waals surface area contributed by atoms with Crippen molar-refractivity contribution in [1.82, 2.24) is 9.97 Å². The minimum absolute atomic E-state index is 0.376. The van der Waals surface area contributed by atoms with Crippen LogP contribution in [0, 0.1) is 6.92 Å². The molecule has 0 amide bonds. The molecule has 32 heavy (non-hydrogen) atoms. The molecule has 8 heteroatoms. The van der Waals surface area contributed by atoms with Crippen LogP contribution in [-0.4, -0.2) is 37.3 Å². The number of nitrogens with zero attached hydrogens (tertiary/aromatic N) is 2. The third kappa shape index (κ3) is 4.36. The summed E-state index contributed by atoms with van der Waals surface area (Å²) in [6.45, 7) is 2.61. The van der Waals surface area contributed by atoms with Gasteiger partial charge < -0.3 is 19.5 Å². The summed E-state index contributed by atoms with van der Waals surface area (Å²) >= 11 is 1.62. The van der Waals surface area contributed by atoms with Crippen molar-refractivity contribution in [3.05, 3.63) is 64.5 Å². The highest BCUT2D eigenvalue weighted by molar-refractivity contribution is 7.18. The van der Waals surface area contributed by atoms with E-state index >= 15 is 0 Å². The van der Waals surface area contributed by atoms with Gasteiger partial charge in [0.2, 0.25) is 0 Å². The van der Waals surface area contributed by atoms with Crippen LogP contribution in [0.4, 0.5) is 5.82 Å². The Morgan fingerprint density at radius 1 is 0.969 bits per heavy atom. The fraction of sp³-hybridized carbons (Fsp3) is 0.208. The smallest absolute Gasteiger partial charge is 0.337 e. The van der Waals surface area contributed by atoms with Gasteiger partial charge in [-0.2, -0.15) is 0 Å². The molecule has 7 nitrogen and oxygen atoms in total. The normalized spacial score (nSPS) is 10.8. The summed E-state index contributed by atoms with van der Waals surface area (Å²) in [5, 5.41) is 4.41. The van der Waals surface area contributed by atoms with Gasteiger partial charge in [-0.1, -0.05) is 18.2 Å². The van der Waals surface area contributed by atoms with E-state index in [0.29, 0.717) is 29.4 Å². The van der Waals surface area contributed by atoms with E-state index in [4.69, 9.17) is 24.2 Å². The molecule has 0 fully saturated rings. The van der Waals surface area contributed by atoms with Crippen LogP contribution < -0.4 is 14.8 Å². The molecule has 0 spiro atoms. The van der Waals surface area contributed by atoms with Gasteiger partial charge in [0.25, 0.3) is 0 Å². The van der Waals surface area contributed by atoms with Gasteiger partial charge in [0.15, 0.2) is 17.3 Å². The Morgan fingerprint density at radius 3 is 2.41 bits per heavy atom. The lowest BCUT2D eigenvalue weighted by molar-refractivity contribution is 0.0600.